The number of hydrogen-bond acceptors (Lipinski definition) is 4. The third-order valence-corrected chi connectivity index (χ3v) is 3.33. The number of β-amino-alcohol motifs (C(OH)–C–C–N with tert-alkyl or cyclic N) is 1. The van der Waals surface area contributed by atoms with Gasteiger partial charge in [0.25, 0.3) is 0 Å². The van der Waals surface area contributed by atoms with Crippen LogP contribution < -0.4 is 0 Å². The average Bonchev–Trinajstić information content (AvgIpc) is 2.87. The highest BCUT2D eigenvalue weighted by molar-refractivity contribution is 6.06. The molecule has 3 heterocycles. The molecule has 2 amide bonds. The lowest BCUT2D eigenvalue weighted by Gasteiger charge is -2.15. The van der Waals surface area contributed by atoms with Crippen LogP contribution >= 0.6 is 0 Å². The van der Waals surface area contributed by atoms with Crippen LogP contribution in [0.1, 0.15) is 0 Å². The molecule has 3 aliphatic heterocycles. The van der Waals surface area contributed by atoms with Crippen molar-refractivity contribution in [1.29, 1.82) is 0 Å². The number of aliphatic hydroxyl groups is 1. The normalized spacial score (nSPS) is 41.8. The smallest absolute Gasteiger partial charge is 0.236 e. The molecule has 15 heavy (non-hydrogen) atoms. The Hall–Kier alpha value is -1.20. The first-order valence-electron chi connectivity index (χ1n) is 5.04. The first-order valence-corrected chi connectivity index (χ1v) is 5.04. The van der Waals surface area contributed by atoms with E-state index in [0.29, 0.717) is 0 Å². The summed E-state index contributed by atoms with van der Waals surface area (Å²) in [7, 11) is 0. The second-order valence-electron chi connectivity index (χ2n) is 4.05. The van der Waals surface area contributed by atoms with E-state index in [9.17, 15) is 9.59 Å². The predicted octanol–water partition coefficient (Wildman–Crippen LogP) is -1.08. The maximum atomic E-state index is 11.9. The summed E-state index contributed by atoms with van der Waals surface area (Å²) < 4.78 is 5.46. The summed E-state index contributed by atoms with van der Waals surface area (Å²) in [6.07, 6.45) is 3.22. The summed E-state index contributed by atoms with van der Waals surface area (Å²) in [5, 5.41) is 8.78. The Labute approximate surface area is 86.3 Å². The second-order valence-corrected chi connectivity index (χ2v) is 4.05. The molecule has 3 rings (SSSR count). The van der Waals surface area contributed by atoms with Crippen molar-refractivity contribution in [2.45, 2.75) is 12.2 Å². The van der Waals surface area contributed by atoms with Gasteiger partial charge in [0.2, 0.25) is 11.8 Å². The summed E-state index contributed by atoms with van der Waals surface area (Å²) in [5.41, 5.74) is 0. The zero-order valence-corrected chi connectivity index (χ0v) is 8.00. The van der Waals surface area contributed by atoms with Crippen molar-refractivity contribution >= 4 is 11.8 Å². The highest BCUT2D eigenvalue weighted by Gasteiger charge is 2.60. The number of rotatable bonds is 2. The lowest BCUT2D eigenvalue weighted by molar-refractivity contribution is -0.142. The number of aliphatic hydroxyl groups excluding tert-OH is 1. The van der Waals surface area contributed by atoms with Gasteiger partial charge in [-0.05, 0) is 0 Å². The summed E-state index contributed by atoms with van der Waals surface area (Å²) in [5.74, 6) is -1.09. The van der Waals surface area contributed by atoms with E-state index in [0.717, 1.165) is 4.90 Å². The van der Waals surface area contributed by atoms with Crippen molar-refractivity contribution in [3.05, 3.63) is 12.2 Å². The number of imide groups is 1. The van der Waals surface area contributed by atoms with Gasteiger partial charge in [0.15, 0.2) is 0 Å². The molecule has 3 aliphatic rings. The van der Waals surface area contributed by atoms with E-state index >= 15 is 0 Å². The van der Waals surface area contributed by atoms with Gasteiger partial charge in [-0.3, -0.25) is 14.5 Å². The molecule has 0 radical (unpaired) electrons. The minimum atomic E-state index is -0.348. The molecule has 0 unspecified atom stereocenters. The molecule has 0 aromatic carbocycles. The van der Waals surface area contributed by atoms with Gasteiger partial charge >= 0.3 is 0 Å². The van der Waals surface area contributed by atoms with Crippen LogP contribution in [0.3, 0.4) is 0 Å². The summed E-state index contributed by atoms with van der Waals surface area (Å²) in [6.45, 7) is -0.0787. The van der Waals surface area contributed by atoms with Gasteiger partial charge in [0.05, 0.1) is 37.2 Å². The minimum Gasteiger partial charge on any atom is -0.395 e. The van der Waals surface area contributed by atoms with Gasteiger partial charge in [-0.2, -0.15) is 0 Å². The van der Waals surface area contributed by atoms with Crippen LogP contribution in [0.25, 0.3) is 0 Å². The zero-order valence-electron chi connectivity index (χ0n) is 8.00. The Balaban J connectivity index is 1.93. The highest BCUT2D eigenvalue weighted by Crippen LogP contribution is 2.44. The summed E-state index contributed by atoms with van der Waals surface area (Å²) >= 11 is 0. The highest BCUT2D eigenvalue weighted by atomic mass is 16.5. The number of carbonyl (C=O) groups is 2. The molecule has 0 aromatic heterocycles. The number of amides is 2. The first-order chi connectivity index (χ1) is 7.24. The number of carbonyl (C=O) groups excluding carboxylic acids is 2. The molecular formula is C10H11NO4. The quantitative estimate of drug-likeness (QED) is 0.464. The van der Waals surface area contributed by atoms with Crippen molar-refractivity contribution in [2.24, 2.45) is 11.8 Å². The largest absolute Gasteiger partial charge is 0.395 e. The number of fused-ring (bicyclic) bond motifs is 5. The molecular weight excluding hydrogens is 198 g/mol. The van der Waals surface area contributed by atoms with Crippen LogP contribution in [-0.4, -0.2) is 47.2 Å². The van der Waals surface area contributed by atoms with Crippen molar-refractivity contribution in [2.75, 3.05) is 13.2 Å². The summed E-state index contributed by atoms with van der Waals surface area (Å²) in [6, 6.07) is 0. The van der Waals surface area contributed by atoms with E-state index in [1.54, 1.807) is 0 Å². The topological polar surface area (TPSA) is 66.8 Å². The molecule has 0 spiro atoms. The zero-order chi connectivity index (χ0) is 10.6. The Bertz CT molecular complexity index is 334. The second kappa shape index (κ2) is 2.90. The van der Waals surface area contributed by atoms with E-state index < -0.39 is 0 Å². The van der Waals surface area contributed by atoms with E-state index in [2.05, 4.69) is 0 Å². The van der Waals surface area contributed by atoms with Crippen molar-refractivity contribution < 1.29 is 19.4 Å². The fourth-order valence-corrected chi connectivity index (χ4v) is 2.69. The van der Waals surface area contributed by atoms with E-state index in [4.69, 9.17) is 9.84 Å². The molecule has 2 saturated heterocycles. The van der Waals surface area contributed by atoms with Crippen molar-refractivity contribution in [1.82, 2.24) is 4.90 Å². The fourth-order valence-electron chi connectivity index (χ4n) is 2.69. The SMILES string of the molecule is O=C1[C@H]2[C@H](C(=O)N1CCO)[C@H]1C=C[C@H]2O1. The van der Waals surface area contributed by atoms with Gasteiger partial charge < -0.3 is 9.84 Å². The molecule has 2 fully saturated rings. The maximum absolute atomic E-state index is 11.9. The molecule has 0 aliphatic carbocycles. The Morgan fingerprint density at radius 3 is 2.20 bits per heavy atom. The number of ether oxygens (including phenoxy) is 1. The van der Waals surface area contributed by atoms with Crippen LogP contribution in [0.15, 0.2) is 12.2 Å². The predicted molar refractivity (Wildman–Crippen MR) is 48.6 cm³/mol. The summed E-state index contributed by atoms with van der Waals surface area (Å²) in [4.78, 5) is 24.9. The van der Waals surface area contributed by atoms with E-state index in [1.165, 1.54) is 0 Å². The third kappa shape index (κ3) is 0.992. The minimum absolute atomic E-state index is 0.101. The number of hydrogen-bond donors (Lipinski definition) is 1. The lowest BCUT2D eigenvalue weighted by atomic mass is 9.85. The van der Waals surface area contributed by atoms with Crippen LogP contribution in [-0.2, 0) is 14.3 Å². The Kier molecular flexibility index (Phi) is 1.75. The van der Waals surface area contributed by atoms with Gasteiger partial charge in [0.1, 0.15) is 0 Å². The first kappa shape index (κ1) is 9.06. The van der Waals surface area contributed by atoms with E-state index in [-0.39, 0.29) is 49.0 Å². The van der Waals surface area contributed by atoms with Crippen molar-refractivity contribution in [3.63, 3.8) is 0 Å². The molecule has 4 atom stereocenters. The van der Waals surface area contributed by atoms with Crippen LogP contribution in [0.4, 0.5) is 0 Å². The molecule has 1 N–H and O–H groups in total. The molecule has 2 bridgehead atoms. The monoisotopic (exact) mass is 209 g/mol. The Morgan fingerprint density at radius 2 is 1.73 bits per heavy atom. The standard InChI is InChI=1S/C10H11NO4/c12-4-3-11-9(13)7-5-1-2-6(15-5)8(7)10(11)14/h1-2,5-8,12H,3-4H2/t5-,6-,7-,8-/m1/s1. The van der Waals surface area contributed by atoms with Crippen LogP contribution in [0.2, 0.25) is 0 Å². The molecule has 80 valence electrons. The van der Waals surface area contributed by atoms with Crippen LogP contribution in [0.5, 0.6) is 0 Å². The Morgan fingerprint density at radius 1 is 1.20 bits per heavy atom. The lowest BCUT2D eigenvalue weighted by Crippen LogP contribution is -2.36. The third-order valence-electron chi connectivity index (χ3n) is 3.33. The molecule has 0 aromatic rings. The molecule has 5 heteroatoms. The molecule has 0 saturated carbocycles. The molecule has 5 nitrogen and oxygen atoms in total. The number of nitrogens with zero attached hydrogens (tertiary/aromatic N) is 1. The maximum Gasteiger partial charge on any atom is 0.236 e. The van der Waals surface area contributed by atoms with Gasteiger partial charge in [-0.25, -0.2) is 0 Å². The van der Waals surface area contributed by atoms with E-state index in [1.807, 2.05) is 12.2 Å². The van der Waals surface area contributed by atoms with Crippen LogP contribution in [0, 0.1) is 11.8 Å². The average molecular weight is 209 g/mol. The van der Waals surface area contributed by atoms with Gasteiger partial charge in [-0.15, -0.1) is 0 Å². The number of likely N-dealkylation sites (tertiary alicyclic amines) is 1. The van der Waals surface area contributed by atoms with Crippen molar-refractivity contribution in [3.8, 4) is 0 Å². The fraction of sp³-hybridized carbons (Fsp3) is 0.600. The van der Waals surface area contributed by atoms with Gasteiger partial charge in [-0.1, -0.05) is 12.2 Å². The van der Waals surface area contributed by atoms with Gasteiger partial charge in [0, 0.05) is 0 Å².